The Hall–Kier alpha value is -2.28. The van der Waals surface area contributed by atoms with Crippen LogP contribution in [0.1, 0.15) is 32.6 Å². The predicted molar refractivity (Wildman–Crippen MR) is 102 cm³/mol. The van der Waals surface area contributed by atoms with E-state index in [0.29, 0.717) is 44.0 Å². The molecule has 1 saturated carbocycles. The molecule has 0 bridgehead atoms. The normalized spacial score (nSPS) is 22.8. The topological polar surface area (TPSA) is 82.7 Å². The third-order valence-electron chi connectivity index (χ3n) is 5.02. The molecule has 3 N–H and O–H groups in total. The number of anilines is 2. The molecule has 0 spiro atoms. The van der Waals surface area contributed by atoms with Gasteiger partial charge in [-0.05, 0) is 37.0 Å². The summed E-state index contributed by atoms with van der Waals surface area (Å²) < 4.78 is 5.90. The van der Waals surface area contributed by atoms with E-state index in [-0.39, 0.29) is 12.1 Å². The molecule has 7 nitrogen and oxygen atoms in total. The molecule has 142 valence electrons. The van der Waals surface area contributed by atoms with E-state index < -0.39 is 0 Å². The van der Waals surface area contributed by atoms with Gasteiger partial charge in [-0.1, -0.05) is 25.8 Å². The molecule has 0 unspecified atom stereocenters. The van der Waals surface area contributed by atoms with Gasteiger partial charge in [0.05, 0.1) is 12.7 Å². The molecule has 1 aliphatic heterocycles. The lowest BCUT2D eigenvalue weighted by molar-refractivity contribution is -0.00232. The molecular formula is C19H28N4O3. The van der Waals surface area contributed by atoms with Gasteiger partial charge in [0, 0.05) is 31.0 Å². The van der Waals surface area contributed by atoms with Gasteiger partial charge in [0.1, 0.15) is 0 Å². The number of amides is 4. The van der Waals surface area contributed by atoms with Gasteiger partial charge in [0.15, 0.2) is 0 Å². The minimum absolute atomic E-state index is 0.110. The number of nitrogens with zero attached hydrogens (tertiary/aromatic N) is 1. The van der Waals surface area contributed by atoms with Crippen LogP contribution in [0.25, 0.3) is 0 Å². The summed E-state index contributed by atoms with van der Waals surface area (Å²) >= 11 is 0. The van der Waals surface area contributed by atoms with Gasteiger partial charge in [0.2, 0.25) is 0 Å². The molecule has 1 heterocycles. The van der Waals surface area contributed by atoms with Gasteiger partial charge < -0.3 is 20.7 Å². The van der Waals surface area contributed by atoms with Crippen LogP contribution in [0.15, 0.2) is 24.3 Å². The summed E-state index contributed by atoms with van der Waals surface area (Å²) in [5.41, 5.74) is 1.42. The number of benzene rings is 1. The van der Waals surface area contributed by atoms with Crippen molar-refractivity contribution in [2.75, 3.05) is 36.5 Å². The Balaban J connectivity index is 1.41. The first kappa shape index (κ1) is 18.5. The number of hydrogen-bond donors (Lipinski definition) is 3. The molecule has 2 atom stereocenters. The van der Waals surface area contributed by atoms with Crippen LogP contribution in [0.4, 0.5) is 21.0 Å². The zero-order valence-electron chi connectivity index (χ0n) is 15.3. The zero-order valence-corrected chi connectivity index (χ0v) is 15.3. The van der Waals surface area contributed by atoms with E-state index in [1.165, 1.54) is 19.3 Å². The molecule has 0 radical (unpaired) electrons. The molecule has 1 aliphatic carbocycles. The highest BCUT2D eigenvalue weighted by Crippen LogP contribution is 2.26. The molecule has 1 saturated heterocycles. The smallest absolute Gasteiger partial charge is 0.321 e. The fourth-order valence-corrected chi connectivity index (χ4v) is 3.55. The largest absolute Gasteiger partial charge is 0.376 e. The van der Waals surface area contributed by atoms with Crippen molar-refractivity contribution in [3.63, 3.8) is 0 Å². The molecule has 7 heteroatoms. The molecule has 0 aromatic heterocycles. The summed E-state index contributed by atoms with van der Waals surface area (Å²) in [6.07, 6.45) is 5.18. The van der Waals surface area contributed by atoms with Gasteiger partial charge in [-0.2, -0.15) is 0 Å². The Morgan fingerprint density at radius 2 is 2.19 bits per heavy atom. The summed E-state index contributed by atoms with van der Waals surface area (Å²) in [5, 5.41) is 8.39. The van der Waals surface area contributed by atoms with E-state index in [4.69, 9.17) is 4.74 Å². The standard InChI is InChI=1S/C19H28N4O3/c1-14-5-2-3-8-17(14)26-12-10-20-18(24)22-15-6-4-7-16(13-15)23-11-9-21-19(23)25/h4,6-7,13-14,17H,2-3,5,8-12H2,1H3,(H,21,25)(H2,20,22,24)/t14-,17-/m0/s1. The second-order valence-corrected chi connectivity index (χ2v) is 6.99. The summed E-state index contributed by atoms with van der Waals surface area (Å²) in [5.74, 6) is 0.600. The summed E-state index contributed by atoms with van der Waals surface area (Å²) in [6.45, 7) is 4.50. The number of nitrogens with one attached hydrogen (secondary N) is 3. The van der Waals surface area contributed by atoms with Crippen molar-refractivity contribution >= 4 is 23.4 Å². The molecule has 1 aromatic rings. The molecule has 26 heavy (non-hydrogen) atoms. The van der Waals surface area contributed by atoms with E-state index >= 15 is 0 Å². The van der Waals surface area contributed by atoms with Crippen molar-refractivity contribution in [1.82, 2.24) is 10.6 Å². The van der Waals surface area contributed by atoms with Crippen LogP contribution in [0, 0.1) is 5.92 Å². The molecule has 4 amide bonds. The van der Waals surface area contributed by atoms with Gasteiger partial charge >= 0.3 is 12.1 Å². The lowest BCUT2D eigenvalue weighted by atomic mass is 9.88. The zero-order chi connectivity index (χ0) is 18.4. The van der Waals surface area contributed by atoms with Gasteiger partial charge in [-0.3, -0.25) is 4.90 Å². The summed E-state index contributed by atoms with van der Waals surface area (Å²) in [4.78, 5) is 25.4. The van der Waals surface area contributed by atoms with Crippen LogP contribution < -0.4 is 20.9 Å². The van der Waals surface area contributed by atoms with Crippen molar-refractivity contribution in [3.05, 3.63) is 24.3 Å². The average Bonchev–Trinajstić information content (AvgIpc) is 3.06. The number of carbonyl (C=O) groups is 2. The van der Waals surface area contributed by atoms with Crippen LogP contribution >= 0.6 is 0 Å². The highest BCUT2D eigenvalue weighted by atomic mass is 16.5. The van der Waals surface area contributed by atoms with Crippen molar-refractivity contribution < 1.29 is 14.3 Å². The van der Waals surface area contributed by atoms with E-state index in [1.54, 1.807) is 17.0 Å². The Bertz CT molecular complexity index is 637. The first-order valence-corrected chi connectivity index (χ1v) is 9.45. The molecule has 1 aromatic carbocycles. The summed E-state index contributed by atoms with van der Waals surface area (Å²) in [7, 11) is 0. The fourth-order valence-electron chi connectivity index (χ4n) is 3.55. The Morgan fingerprint density at radius 3 is 2.96 bits per heavy atom. The molecule has 3 rings (SSSR count). The third kappa shape index (κ3) is 4.88. The number of rotatable bonds is 6. The van der Waals surface area contributed by atoms with E-state index in [0.717, 1.165) is 12.1 Å². The van der Waals surface area contributed by atoms with Crippen LogP contribution in [-0.2, 0) is 4.74 Å². The SMILES string of the molecule is C[C@H]1CCCC[C@@H]1OCCNC(=O)Nc1cccc(N2CCNC2=O)c1. The van der Waals surface area contributed by atoms with Gasteiger partial charge in [0.25, 0.3) is 0 Å². The third-order valence-corrected chi connectivity index (χ3v) is 5.02. The maximum atomic E-state index is 12.1. The second-order valence-electron chi connectivity index (χ2n) is 6.99. The number of urea groups is 2. The fraction of sp³-hybridized carbons (Fsp3) is 0.579. The molecular weight excluding hydrogens is 332 g/mol. The van der Waals surface area contributed by atoms with Crippen molar-refractivity contribution in [2.45, 2.75) is 38.7 Å². The van der Waals surface area contributed by atoms with Gasteiger partial charge in [-0.15, -0.1) is 0 Å². The highest BCUT2D eigenvalue weighted by Gasteiger charge is 2.22. The maximum absolute atomic E-state index is 12.1. The lowest BCUT2D eigenvalue weighted by Gasteiger charge is -2.28. The van der Waals surface area contributed by atoms with Crippen LogP contribution in [0.2, 0.25) is 0 Å². The quantitative estimate of drug-likeness (QED) is 0.682. The predicted octanol–water partition coefficient (Wildman–Crippen LogP) is 2.93. The Kier molecular flexibility index (Phi) is 6.33. The molecule has 2 aliphatic rings. The minimum atomic E-state index is -0.270. The van der Waals surface area contributed by atoms with E-state index in [2.05, 4.69) is 22.9 Å². The average molecular weight is 360 g/mol. The van der Waals surface area contributed by atoms with Crippen LogP contribution in [0.5, 0.6) is 0 Å². The number of carbonyl (C=O) groups excluding carboxylic acids is 2. The Morgan fingerprint density at radius 1 is 1.35 bits per heavy atom. The first-order valence-electron chi connectivity index (χ1n) is 9.45. The van der Waals surface area contributed by atoms with Gasteiger partial charge in [-0.25, -0.2) is 9.59 Å². The Labute approximate surface area is 154 Å². The minimum Gasteiger partial charge on any atom is -0.376 e. The second kappa shape index (κ2) is 8.89. The van der Waals surface area contributed by atoms with Crippen molar-refractivity contribution in [1.29, 1.82) is 0 Å². The number of ether oxygens (including phenoxy) is 1. The summed E-state index contributed by atoms with van der Waals surface area (Å²) in [6, 6.07) is 6.90. The van der Waals surface area contributed by atoms with Crippen molar-refractivity contribution in [3.8, 4) is 0 Å². The van der Waals surface area contributed by atoms with E-state index in [1.807, 2.05) is 12.1 Å². The monoisotopic (exact) mass is 360 g/mol. The van der Waals surface area contributed by atoms with Crippen LogP contribution in [0.3, 0.4) is 0 Å². The lowest BCUT2D eigenvalue weighted by Crippen LogP contribution is -2.34. The van der Waals surface area contributed by atoms with E-state index in [9.17, 15) is 9.59 Å². The van der Waals surface area contributed by atoms with Crippen LogP contribution in [-0.4, -0.2) is 44.4 Å². The molecule has 2 fully saturated rings. The maximum Gasteiger partial charge on any atom is 0.321 e. The first-order chi connectivity index (χ1) is 12.6. The number of hydrogen-bond acceptors (Lipinski definition) is 3. The van der Waals surface area contributed by atoms with Crippen molar-refractivity contribution in [2.24, 2.45) is 5.92 Å². The highest BCUT2D eigenvalue weighted by molar-refractivity contribution is 5.95.